The topological polar surface area (TPSA) is 0 Å². The van der Waals surface area contributed by atoms with Crippen LogP contribution in [0.15, 0.2) is 11.1 Å². The quantitative estimate of drug-likeness (QED) is 0.492. The van der Waals surface area contributed by atoms with Crippen molar-refractivity contribution in [3.8, 4) is 0 Å². The smallest absolute Gasteiger partial charge is 0.0307 e. The van der Waals surface area contributed by atoms with Crippen molar-refractivity contribution in [2.24, 2.45) is 0 Å². The highest BCUT2D eigenvalue weighted by Crippen LogP contribution is 2.02. The SMILES string of the molecule is C=C(Br)CI. The normalized spacial score (nSPS) is 7.60. The lowest BCUT2D eigenvalue weighted by atomic mass is 10.8. The summed E-state index contributed by atoms with van der Waals surface area (Å²) in [6.45, 7) is 3.58. The minimum Gasteiger partial charge on any atom is -0.0881 e. The molecule has 0 saturated heterocycles. The molecule has 0 heterocycles. The van der Waals surface area contributed by atoms with Crippen LogP contribution < -0.4 is 0 Å². The molecule has 0 N–H and O–H groups in total. The maximum Gasteiger partial charge on any atom is 0.0307 e. The van der Waals surface area contributed by atoms with E-state index >= 15 is 0 Å². The Balaban J connectivity index is 2.85. The van der Waals surface area contributed by atoms with Gasteiger partial charge in [-0.25, -0.2) is 0 Å². The van der Waals surface area contributed by atoms with Crippen LogP contribution >= 0.6 is 38.5 Å². The Bertz CT molecular complexity index is 42.2. The highest BCUT2D eigenvalue weighted by Gasteiger charge is 1.72. The van der Waals surface area contributed by atoms with E-state index in [0.717, 1.165) is 8.91 Å². The summed E-state index contributed by atoms with van der Waals surface area (Å²) in [6.07, 6.45) is 0. The molecule has 0 spiro atoms. The van der Waals surface area contributed by atoms with Crippen LogP contribution in [-0.2, 0) is 0 Å². The van der Waals surface area contributed by atoms with Gasteiger partial charge in [0.2, 0.25) is 0 Å². The van der Waals surface area contributed by atoms with E-state index in [4.69, 9.17) is 0 Å². The molecule has 0 saturated carbocycles. The molecule has 0 radical (unpaired) electrons. The molecule has 30 valence electrons. The van der Waals surface area contributed by atoms with Crippen molar-refractivity contribution in [3.05, 3.63) is 11.1 Å². The number of hydrogen-bond donors (Lipinski definition) is 0. The summed E-state index contributed by atoms with van der Waals surface area (Å²) in [5.41, 5.74) is 0. The zero-order valence-corrected chi connectivity index (χ0v) is 6.41. The van der Waals surface area contributed by atoms with Gasteiger partial charge in [-0.1, -0.05) is 45.1 Å². The van der Waals surface area contributed by atoms with E-state index in [1.807, 2.05) is 0 Å². The first-order chi connectivity index (χ1) is 2.27. The van der Waals surface area contributed by atoms with Gasteiger partial charge in [-0.2, -0.15) is 0 Å². The summed E-state index contributed by atoms with van der Waals surface area (Å²) in [5, 5.41) is 0. The standard InChI is InChI=1S/C3H4BrI/c1-3(4)2-5/h1-2H2. The van der Waals surface area contributed by atoms with E-state index in [1.54, 1.807) is 0 Å². The van der Waals surface area contributed by atoms with Crippen LogP contribution in [0.5, 0.6) is 0 Å². The third-order valence-corrected chi connectivity index (χ3v) is 2.39. The van der Waals surface area contributed by atoms with Crippen LogP contribution in [0.2, 0.25) is 0 Å². The Morgan fingerprint density at radius 2 is 2.20 bits per heavy atom. The molecule has 0 nitrogen and oxygen atoms in total. The summed E-state index contributed by atoms with van der Waals surface area (Å²) in [5.74, 6) is 0. The maximum atomic E-state index is 3.58. The van der Waals surface area contributed by atoms with Crippen LogP contribution in [0.4, 0.5) is 0 Å². The van der Waals surface area contributed by atoms with Gasteiger partial charge in [-0.05, 0) is 4.48 Å². The van der Waals surface area contributed by atoms with Crippen molar-refractivity contribution in [1.82, 2.24) is 0 Å². The first-order valence-corrected chi connectivity index (χ1v) is 3.48. The molecular formula is C3H4BrI. The largest absolute Gasteiger partial charge is 0.0881 e. The predicted octanol–water partition coefficient (Wildman–Crippen LogP) is 2.33. The van der Waals surface area contributed by atoms with Crippen LogP contribution in [0.3, 0.4) is 0 Å². The van der Waals surface area contributed by atoms with Crippen LogP contribution in [0.1, 0.15) is 0 Å². The fourth-order valence-electron chi connectivity index (χ4n) is 0. The van der Waals surface area contributed by atoms with E-state index in [1.165, 1.54) is 0 Å². The molecule has 0 aromatic heterocycles. The van der Waals surface area contributed by atoms with Gasteiger partial charge in [0.15, 0.2) is 0 Å². The molecule has 0 unspecified atom stereocenters. The molecule has 5 heavy (non-hydrogen) atoms. The molecule has 0 atom stereocenters. The molecule has 0 fully saturated rings. The molecule has 0 amide bonds. The van der Waals surface area contributed by atoms with Crippen molar-refractivity contribution in [2.75, 3.05) is 4.43 Å². The molecule has 0 aliphatic heterocycles. The lowest BCUT2D eigenvalue weighted by Gasteiger charge is -1.74. The first-order valence-electron chi connectivity index (χ1n) is 1.16. The van der Waals surface area contributed by atoms with Gasteiger partial charge in [-0.15, -0.1) is 0 Å². The zero-order chi connectivity index (χ0) is 4.28. The van der Waals surface area contributed by atoms with E-state index in [9.17, 15) is 0 Å². The third kappa shape index (κ3) is 4.95. The Hall–Kier alpha value is 0.950. The van der Waals surface area contributed by atoms with E-state index in [2.05, 4.69) is 45.1 Å². The molecule has 0 aromatic rings. The van der Waals surface area contributed by atoms with Gasteiger partial charge in [0.05, 0.1) is 0 Å². The Morgan fingerprint density at radius 1 is 2.00 bits per heavy atom. The fraction of sp³-hybridized carbons (Fsp3) is 0.333. The predicted molar refractivity (Wildman–Crippen MR) is 37.0 cm³/mol. The maximum absolute atomic E-state index is 3.58. The van der Waals surface area contributed by atoms with Gasteiger partial charge in [0.1, 0.15) is 0 Å². The lowest BCUT2D eigenvalue weighted by Crippen LogP contribution is -1.58. The van der Waals surface area contributed by atoms with Crippen molar-refractivity contribution in [1.29, 1.82) is 0 Å². The third-order valence-electron chi connectivity index (χ3n) is 0.145. The van der Waals surface area contributed by atoms with Gasteiger partial charge < -0.3 is 0 Å². The molecule has 0 aromatic carbocycles. The van der Waals surface area contributed by atoms with Gasteiger partial charge >= 0.3 is 0 Å². The van der Waals surface area contributed by atoms with Crippen molar-refractivity contribution in [2.45, 2.75) is 0 Å². The number of halogens is 2. The van der Waals surface area contributed by atoms with Crippen molar-refractivity contribution in [3.63, 3.8) is 0 Å². The minimum absolute atomic E-state index is 0.998. The molecule has 0 aliphatic carbocycles. The van der Waals surface area contributed by atoms with Crippen molar-refractivity contribution >= 4 is 38.5 Å². The Kier molecular flexibility index (Phi) is 3.75. The summed E-state index contributed by atoms with van der Waals surface area (Å²) < 4.78 is 2.05. The van der Waals surface area contributed by atoms with Crippen LogP contribution in [-0.4, -0.2) is 4.43 Å². The van der Waals surface area contributed by atoms with Gasteiger partial charge in [0.25, 0.3) is 0 Å². The summed E-state index contributed by atoms with van der Waals surface area (Å²) in [7, 11) is 0. The molecule has 2 heteroatoms. The second-order valence-corrected chi connectivity index (χ2v) is 2.54. The summed E-state index contributed by atoms with van der Waals surface area (Å²) in [4.78, 5) is 0. The number of allylic oxidation sites excluding steroid dienone is 1. The molecule has 0 aliphatic rings. The average molecular weight is 247 g/mol. The van der Waals surface area contributed by atoms with Gasteiger partial charge in [-0.3, -0.25) is 0 Å². The second kappa shape index (κ2) is 3.15. The first kappa shape index (κ1) is 5.95. The highest BCUT2D eigenvalue weighted by molar-refractivity contribution is 14.1. The molecule has 0 rings (SSSR count). The Morgan fingerprint density at radius 3 is 2.20 bits per heavy atom. The minimum atomic E-state index is 0.998. The summed E-state index contributed by atoms with van der Waals surface area (Å²) in [6, 6.07) is 0. The zero-order valence-electron chi connectivity index (χ0n) is 2.67. The number of hydrogen-bond acceptors (Lipinski definition) is 0. The lowest BCUT2D eigenvalue weighted by molar-refractivity contribution is 1.85. The van der Waals surface area contributed by atoms with Gasteiger partial charge in [0, 0.05) is 4.43 Å². The Labute approximate surface area is 53.9 Å². The molecule has 0 bridgehead atoms. The average Bonchev–Trinajstić information content (AvgIpc) is 1.38. The van der Waals surface area contributed by atoms with E-state index < -0.39 is 0 Å². The monoisotopic (exact) mass is 246 g/mol. The van der Waals surface area contributed by atoms with Crippen LogP contribution in [0, 0.1) is 0 Å². The van der Waals surface area contributed by atoms with E-state index in [-0.39, 0.29) is 0 Å². The fourth-order valence-corrected chi connectivity index (χ4v) is 0. The summed E-state index contributed by atoms with van der Waals surface area (Å²) >= 11 is 5.40. The molecular weight excluding hydrogens is 243 g/mol. The van der Waals surface area contributed by atoms with Crippen molar-refractivity contribution < 1.29 is 0 Å². The number of alkyl halides is 1. The highest BCUT2D eigenvalue weighted by atomic mass is 127. The van der Waals surface area contributed by atoms with E-state index in [0.29, 0.717) is 0 Å². The second-order valence-electron chi connectivity index (χ2n) is 0.651. The number of rotatable bonds is 1. The van der Waals surface area contributed by atoms with Crippen LogP contribution in [0.25, 0.3) is 0 Å².